The van der Waals surface area contributed by atoms with Crippen molar-refractivity contribution < 1.29 is 4.92 Å². The Morgan fingerprint density at radius 3 is 2.59 bits per heavy atom. The Hall–Kier alpha value is -1.69. The minimum absolute atomic E-state index is 0.0318. The first kappa shape index (κ1) is 13.4. The molecule has 1 atom stereocenters. The van der Waals surface area contributed by atoms with Crippen LogP contribution in [0.5, 0.6) is 0 Å². The molecule has 0 saturated carbocycles. The predicted molar refractivity (Wildman–Crippen MR) is 66.9 cm³/mol. The maximum atomic E-state index is 10.6. The molecule has 0 saturated heterocycles. The molecule has 1 aromatic rings. The zero-order chi connectivity index (χ0) is 13.0. The van der Waals surface area contributed by atoms with Crippen LogP contribution in [0.3, 0.4) is 0 Å². The zero-order valence-electron chi connectivity index (χ0n) is 10.3. The predicted octanol–water partition coefficient (Wildman–Crippen LogP) is 1.69. The lowest BCUT2D eigenvalue weighted by Crippen LogP contribution is -2.34. The standard InChI is InChI=1S/C11H18N4O2/c1-7(2)9(6-12)14-11-5-4-10(15(16)17)8(3)13-11/h4-5,7,9H,6,12H2,1-3H3,(H,13,14). The van der Waals surface area contributed by atoms with E-state index in [1.165, 1.54) is 6.07 Å². The van der Waals surface area contributed by atoms with Crippen molar-refractivity contribution in [2.24, 2.45) is 11.7 Å². The molecule has 3 N–H and O–H groups in total. The van der Waals surface area contributed by atoms with Crippen molar-refractivity contribution in [3.63, 3.8) is 0 Å². The molecule has 0 aliphatic carbocycles. The minimum Gasteiger partial charge on any atom is -0.366 e. The number of rotatable bonds is 5. The maximum absolute atomic E-state index is 10.6. The van der Waals surface area contributed by atoms with E-state index >= 15 is 0 Å². The summed E-state index contributed by atoms with van der Waals surface area (Å²) in [5, 5.41) is 13.8. The number of pyridine rings is 1. The fourth-order valence-electron chi connectivity index (χ4n) is 1.51. The van der Waals surface area contributed by atoms with Crippen molar-refractivity contribution in [1.29, 1.82) is 0 Å². The zero-order valence-corrected chi connectivity index (χ0v) is 10.3. The molecule has 0 bridgehead atoms. The van der Waals surface area contributed by atoms with Gasteiger partial charge in [0.2, 0.25) is 0 Å². The summed E-state index contributed by atoms with van der Waals surface area (Å²) in [6.45, 7) is 6.23. The van der Waals surface area contributed by atoms with Gasteiger partial charge in [-0.1, -0.05) is 13.8 Å². The number of nitrogens with two attached hydrogens (primary N) is 1. The lowest BCUT2D eigenvalue weighted by molar-refractivity contribution is -0.385. The number of nitrogens with one attached hydrogen (secondary N) is 1. The third-order valence-electron chi connectivity index (χ3n) is 2.65. The number of hydrogen-bond donors (Lipinski definition) is 2. The molecule has 0 aromatic carbocycles. The SMILES string of the molecule is Cc1nc(NC(CN)C(C)C)ccc1[N+](=O)[O-]. The van der Waals surface area contributed by atoms with E-state index in [0.29, 0.717) is 24.0 Å². The fourth-order valence-corrected chi connectivity index (χ4v) is 1.51. The molecule has 0 fully saturated rings. The topological polar surface area (TPSA) is 94.1 Å². The second-order valence-electron chi connectivity index (χ2n) is 4.29. The van der Waals surface area contributed by atoms with E-state index in [9.17, 15) is 10.1 Å². The average Bonchev–Trinajstić information content (AvgIpc) is 2.24. The lowest BCUT2D eigenvalue weighted by Gasteiger charge is -2.21. The second-order valence-corrected chi connectivity index (χ2v) is 4.29. The van der Waals surface area contributed by atoms with Crippen molar-refractivity contribution in [2.75, 3.05) is 11.9 Å². The van der Waals surface area contributed by atoms with Gasteiger partial charge in [0, 0.05) is 18.7 Å². The molecule has 1 heterocycles. The number of aryl methyl sites for hydroxylation is 1. The maximum Gasteiger partial charge on any atom is 0.290 e. The van der Waals surface area contributed by atoms with Gasteiger partial charge in [0.1, 0.15) is 11.5 Å². The van der Waals surface area contributed by atoms with Crippen LogP contribution in [0.4, 0.5) is 11.5 Å². The highest BCUT2D eigenvalue weighted by atomic mass is 16.6. The summed E-state index contributed by atoms with van der Waals surface area (Å²) in [5.74, 6) is 0.995. The molecule has 1 aromatic heterocycles. The van der Waals surface area contributed by atoms with E-state index < -0.39 is 4.92 Å². The highest BCUT2D eigenvalue weighted by Gasteiger charge is 2.15. The molecule has 0 amide bonds. The normalized spacial score (nSPS) is 12.5. The Balaban J connectivity index is 2.87. The first-order valence-electron chi connectivity index (χ1n) is 5.54. The van der Waals surface area contributed by atoms with Crippen LogP contribution in [0.15, 0.2) is 12.1 Å². The van der Waals surface area contributed by atoms with E-state index in [4.69, 9.17) is 5.73 Å². The molecule has 1 unspecified atom stereocenters. The molecule has 6 nitrogen and oxygen atoms in total. The van der Waals surface area contributed by atoms with Gasteiger partial charge >= 0.3 is 0 Å². The Bertz CT molecular complexity index is 406. The van der Waals surface area contributed by atoms with Crippen molar-refractivity contribution in [1.82, 2.24) is 4.98 Å². The number of nitro groups is 1. The number of anilines is 1. The van der Waals surface area contributed by atoms with E-state index in [2.05, 4.69) is 24.1 Å². The third-order valence-corrected chi connectivity index (χ3v) is 2.65. The van der Waals surface area contributed by atoms with Crippen LogP contribution >= 0.6 is 0 Å². The van der Waals surface area contributed by atoms with Gasteiger partial charge in [-0.25, -0.2) is 4.98 Å². The van der Waals surface area contributed by atoms with Crippen molar-refractivity contribution in [2.45, 2.75) is 26.8 Å². The van der Waals surface area contributed by atoms with Gasteiger partial charge in [0.05, 0.1) is 4.92 Å². The van der Waals surface area contributed by atoms with Gasteiger partial charge < -0.3 is 11.1 Å². The highest BCUT2D eigenvalue weighted by Crippen LogP contribution is 2.19. The van der Waals surface area contributed by atoms with Crippen molar-refractivity contribution >= 4 is 11.5 Å². The monoisotopic (exact) mass is 238 g/mol. The summed E-state index contributed by atoms with van der Waals surface area (Å²) in [7, 11) is 0. The van der Waals surface area contributed by atoms with E-state index in [1.807, 2.05) is 0 Å². The highest BCUT2D eigenvalue weighted by molar-refractivity contribution is 5.45. The molecule has 6 heteroatoms. The minimum atomic E-state index is -0.436. The third kappa shape index (κ3) is 3.39. The molecular weight excluding hydrogens is 220 g/mol. The molecule has 0 radical (unpaired) electrons. The molecule has 17 heavy (non-hydrogen) atoms. The summed E-state index contributed by atoms with van der Waals surface area (Å²) >= 11 is 0. The molecule has 0 aliphatic rings. The summed E-state index contributed by atoms with van der Waals surface area (Å²) in [6, 6.07) is 3.18. The van der Waals surface area contributed by atoms with Gasteiger partial charge in [0.25, 0.3) is 5.69 Å². The van der Waals surface area contributed by atoms with Gasteiger partial charge in [-0.2, -0.15) is 0 Å². The molecular formula is C11H18N4O2. The Morgan fingerprint density at radius 1 is 1.53 bits per heavy atom. The Morgan fingerprint density at radius 2 is 2.18 bits per heavy atom. The number of aromatic nitrogens is 1. The van der Waals surface area contributed by atoms with Crippen LogP contribution in [-0.4, -0.2) is 22.5 Å². The Labute approximate surface area is 100 Å². The lowest BCUT2D eigenvalue weighted by atomic mass is 10.1. The van der Waals surface area contributed by atoms with Gasteiger partial charge in [-0.15, -0.1) is 0 Å². The summed E-state index contributed by atoms with van der Waals surface area (Å²) in [4.78, 5) is 14.4. The van der Waals surface area contributed by atoms with Gasteiger partial charge in [-0.05, 0) is 18.9 Å². The van der Waals surface area contributed by atoms with Crippen LogP contribution in [0.2, 0.25) is 0 Å². The van der Waals surface area contributed by atoms with E-state index in [0.717, 1.165) is 0 Å². The summed E-state index contributed by atoms with van der Waals surface area (Å²) < 4.78 is 0. The molecule has 94 valence electrons. The summed E-state index contributed by atoms with van der Waals surface area (Å²) in [6.07, 6.45) is 0. The first-order valence-corrected chi connectivity index (χ1v) is 5.54. The van der Waals surface area contributed by atoms with Crippen molar-refractivity contribution in [3.05, 3.63) is 27.9 Å². The van der Waals surface area contributed by atoms with E-state index in [-0.39, 0.29) is 11.7 Å². The van der Waals surface area contributed by atoms with Gasteiger partial charge in [-0.3, -0.25) is 10.1 Å². The van der Waals surface area contributed by atoms with Crippen LogP contribution in [0, 0.1) is 23.0 Å². The number of nitrogens with zero attached hydrogens (tertiary/aromatic N) is 2. The van der Waals surface area contributed by atoms with Crippen LogP contribution in [0.1, 0.15) is 19.5 Å². The second kappa shape index (κ2) is 5.58. The largest absolute Gasteiger partial charge is 0.366 e. The molecule has 0 aliphatic heterocycles. The van der Waals surface area contributed by atoms with Gasteiger partial charge in [0.15, 0.2) is 0 Å². The Kier molecular flexibility index (Phi) is 4.39. The fraction of sp³-hybridized carbons (Fsp3) is 0.545. The molecule has 1 rings (SSSR count). The van der Waals surface area contributed by atoms with Crippen molar-refractivity contribution in [3.8, 4) is 0 Å². The number of hydrogen-bond acceptors (Lipinski definition) is 5. The smallest absolute Gasteiger partial charge is 0.290 e. The quantitative estimate of drug-likeness (QED) is 0.601. The van der Waals surface area contributed by atoms with E-state index in [1.54, 1.807) is 13.0 Å². The van der Waals surface area contributed by atoms with Crippen LogP contribution in [0.25, 0.3) is 0 Å². The molecule has 0 spiro atoms. The first-order chi connectivity index (χ1) is 7.95. The average molecular weight is 238 g/mol. The van der Waals surface area contributed by atoms with Crippen LogP contribution < -0.4 is 11.1 Å². The van der Waals surface area contributed by atoms with Crippen LogP contribution in [-0.2, 0) is 0 Å². The summed E-state index contributed by atoms with van der Waals surface area (Å²) in [5.41, 5.74) is 6.07.